The molecule has 2 fully saturated rings. The largest absolute Gasteiger partial charge is 0.343 e. The van der Waals surface area contributed by atoms with Crippen LogP contribution in [0.15, 0.2) is 36.4 Å². The van der Waals surface area contributed by atoms with Crippen molar-refractivity contribution in [3.05, 3.63) is 67.6 Å². The molecule has 1 aliphatic carbocycles. The summed E-state index contributed by atoms with van der Waals surface area (Å²) in [7, 11) is 0. The molecule has 2 amide bonds. The van der Waals surface area contributed by atoms with Gasteiger partial charge in [-0.25, -0.2) is 0 Å². The Morgan fingerprint density at radius 3 is 2.33 bits per heavy atom. The van der Waals surface area contributed by atoms with E-state index in [2.05, 4.69) is 10.6 Å². The lowest BCUT2D eigenvalue weighted by Crippen LogP contribution is -2.57. The molecule has 176 valence electrons. The van der Waals surface area contributed by atoms with Gasteiger partial charge in [-0.05, 0) is 48.2 Å². The predicted molar refractivity (Wildman–Crippen MR) is 134 cm³/mol. The van der Waals surface area contributed by atoms with Gasteiger partial charge in [0.05, 0.1) is 12.0 Å². The molecule has 2 aromatic carbocycles. The fraction of sp³-hybridized carbons (Fsp3) is 0.391. The highest BCUT2D eigenvalue weighted by Crippen LogP contribution is 2.51. The van der Waals surface area contributed by atoms with Gasteiger partial charge in [0.2, 0.25) is 11.8 Å². The fourth-order valence-corrected chi connectivity index (χ4v) is 5.50. The Balaban J connectivity index is 1.60. The Kier molecular flexibility index (Phi) is 7.69. The molecule has 33 heavy (non-hydrogen) atoms. The van der Waals surface area contributed by atoms with Gasteiger partial charge in [-0.3, -0.25) is 14.9 Å². The number of piperazine rings is 1. The molecule has 5 nitrogen and oxygen atoms in total. The molecule has 0 radical (unpaired) electrons. The van der Waals surface area contributed by atoms with Crippen LogP contribution in [-0.2, 0) is 21.4 Å². The van der Waals surface area contributed by atoms with E-state index < -0.39 is 11.5 Å². The maximum Gasteiger partial charge on any atom is 0.245 e. The Morgan fingerprint density at radius 2 is 1.73 bits per heavy atom. The number of carbonyl (C=O) groups excluding carboxylic acids is 2. The van der Waals surface area contributed by atoms with E-state index in [-0.39, 0.29) is 23.7 Å². The first-order chi connectivity index (χ1) is 15.7. The molecule has 2 N–H and O–H groups in total. The van der Waals surface area contributed by atoms with Gasteiger partial charge in [0.1, 0.15) is 11.5 Å². The third kappa shape index (κ3) is 5.55. The van der Waals surface area contributed by atoms with E-state index >= 15 is 0 Å². The number of nitrogens with zero attached hydrogens (tertiary/aromatic N) is 1. The number of benzene rings is 2. The van der Waals surface area contributed by atoms with Crippen LogP contribution in [0.25, 0.3) is 0 Å². The molecule has 0 bridgehead atoms. The van der Waals surface area contributed by atoms with Crippen LogP contribution in [0, 0.1) is 0 Å². The van der Waals surface area contributed by atoms with Gasteiger partial charge in [-0.2, -0.15) is 0 Å². The highest BCUT2D eigenvalue weighted by atomic mass is 35.5. The molecule has 1 saturated heterocycles. The molecule has 0 spiro atoms. The van der Waals surface area contributed by atoms with Crippen molar-refractivity contribution >= 4 is 69.8 Å². The van der Waals surface area contributed by atoms with E-state index in [1.807, 2.05) is 0 Å². The smallest absolute Gasteiger partial charge is 0.245 e. The third-order valence-corrected chi connectivity index (χ3v) is 7.54. The summed E-state index contributed by atoms with van der Waals surface area (Å²) in [5.41, 5.74) is 0.305. The van der Waals surface area contributed by atoms with E-state index in [0.717, 1.165) is 0 Å². The lowest BCUT2D eigenvalue weighted by atomic mass is 9.93. The van der Waals surface area contributed by atoms with Crippen molar-refractivity contribution in [2.45, 2.75) is 36.2 Å². The van der Waals surface area contributed by atoms with Crippen molar-refractivity contribution in [3.63, 3.8) is 0 Å². The van der Waals surface area contributed by atoms with Crippen LogP contribution >= 0.6 is 58.0 Å². The monoisotopic (exact) mass is 547 g/mol. The van der Waals surface area contributed by atoms with E-state index in [1.54, 1.807) is 41.3 Å². The van der Waals surface area contributed by atoms with Gasteiger partial charge < -0.3 is 10.2 Å². The van der Waals surface area contributed by atoms with Crippen molar-refractivity contribution in [2.75, 3.05) is 19.6 Å². The molecule has 1 saturated carbocycles. The van der Waals surface area contributed by atoms with Gasteiger partial charge in [-0.15, -0.1) is 11.6 Å². The predicted octanol–water partition coefficient (Wildman–Crippen LogP) is 5.06. The summed E-state index contributed by atoms with van der Waals surface area (Å²) in [4.78, 5) is 28.6. The van der Waals surface area contributed by atoms with Gasteiger partial charge in [-0.1, -0.05) is 58.5 Å². The molecule has 2 aromatic rings. The van der Waals surface area contributed by atoms with Crippen LogP contribution in [0.1, 0.15) is 24.0 Å². The van der Waals surface area contributed by atoms with E-state index in [4.69, 9.17) is 58.0 Å². The van der Waals surface area contributed by atoms with Crippen LogP contribution in [0.5, 0.6) is 0 Å². The van der Waals surface area contributed by atoms with Gasteiger partial charge in [0.25, 0.3) is 0 Å². The Bertz CT molecular complexity index is 1080. The zero-order valence-electron chi connectivity index (χ0n) is 17.5. The second-order valence-electron chi connectivity index (χ2n) is 8.38. The van der Waals surface area contributed by atoms with Gasteiger partial charge in [0.15, 0.2) is 0 Å². The quantitative estimate of drug-likeness (QED) is 0.391. The molecular weight excluding hydrogens is 528 g/mol. The van der Waals surface area contributed by atoms with Gasteiger partial charge >= 0.3 is 0 Å². The van der Waals surface area contributed by atoms with Crippen LogP contribution in [0.2, 0.25) is 20.1 Å². The van der Waals surface area contributed by atoms with Crippen LogP contribution in [-0.4, -0.2) is 47.9 Å². The maximum absolute atomic E-state index is 13.5. The van der Waals surface area contributed by atoms with Crippen LogP contribution in [0.4, 0.5) is 0 Å². The zero-order chi connectivity index (χ0) is 23.8. The second-order valence-corrected chi connectivity index (χ2v) is 10.6. The average Bonchev–Trinajstić information content (AvgIpc) is 3.56. The average molecular weight is 550 g/mol. The molecule has 2 aliphatic rings. The minimum Gasteiger partial charge on any atom is -0.343 e. The van der Waals surface area contributed by atoms with Crippen LogP contribution in [0.3, 0.4) is 0 Å². The summed E-state index contributed by atoms with van der Waals surface area (Å²) in [5.74, 6) is -0.452. The molecule has 2 atom stereocenters. The number of hydrogen-bond acceptors (Lipinski definition) is 3. The number of rotatable bonds is 6. The first-order valence-electron chi connectivity index (χ1n) is 10.6. The molecule has 1 aliphatic heterocycles. The third-order valence-electron chi connectivity index (χ3n) is 6.11. The van der Waals surface area contributed by atoms with Crippen molar-refractivity contribution < 1.29 is 9.59 Å². The van der Waals surface area contributed by atoms with E-state index in [0.29, 0.717) is 63.7 Å². The highest BCUT2D eigenvalue weighted by molar-refractivity contribution is 6.35. The summed E-state index contributed by atoms with van der Waals surface area (Å²) in [6, 6.07) is 9.40. The Hall–Kier alpha value is -1.21. The summed E-state index contributed by atoms with van der Waals surface area (Å²) in [5, 5.41) is 7.96. The topological polar surface area (TPSA) is 61.4 Å². The highest BCUT2D eigenvalue weighted by Gasteiger charge is 2.53. The zero-order valence-corrected chi connectivity index (χ0v) is 21.3. The fourth-order valence-electron chi connectivity index (χ4n) is 4.15. The summed E-state index contributed by atoms with van der Waals surface area (Å²) in [6.07, 6.45) is 1.50. The van der Waals surface area contributed by atoms with E-state index in [9.17, 15) is 9.59 Å². The number of halogens is 5. The standard InChI is InChI=1S/C23H22Cl5N3O2/c24-14-2-1-13(17(26)10-14)9-19(21(32)31-8-7-29-20(28)12-31)30-22(33)23(5-6-23)16-4-3-15(25)11-18(16)27/h1-4,10-11,19-20,29H,5-9,12H2,(H,30,33)/t19-,20+/m0/s1. The summed E-state index contributed by atoms with van der Waals surface area (Å²) < 4.78 is 0. The summed E-state index contributed by atoms with van der Waals surface area (Å²) >= 11 is 31.1. The molecule has 0 aromatic heterocycles. The SMILES string of the molecule is O=C([C@H](Cc1ccc(Cl)cc1Cl)NC(=O)C1(c2ccc(Cl)cc2Cl)CC1)N1CCN[C@@H](Cl)C1. The number of nitrogens with one attached hydrogen (secondary N) is 2. The molecule has 10 heteroatoms. The second kappa shape index (κ2) is 10.2. The molecule has 0 unspecified atom stereocenters. The lowest BCUT2D eigenvalue weighted by Gasteiger charge is -2.34. The normalized spacial score (nSPS) is 20.3. The number of amides is 2. The van der Waals surface area contributed by atoms with Crippen molar-refractivity contribution in [2.24, 2.45) is 0 Å². The maximum atomic E-state index is 13.5. The first-order valence-corrected chi connectivity index (χ1v) is 12.5. The lowest BCUT2D eigenvalue weighted by molar-refractivity contribution is -0.137. The van der Waals surface area contributed by atoms with Crippen LogP contribution < -0.4 is 10.6 Å². The number of alkyl halides is 1. The van der Waals surface area contributed by atoms with E-state index in [1.165, 1.54) is 0 Å². The van der Waals surface area contributed by atoms with Crippen molar-refractivity contribution in [1.29, 1.82) is 0 Å². The van der Waals surface area contributed by atoms with Crippen molar-refractivity contribution in [3.8, 4) is 0 Å². The molecule has 4 rings (SSSR count). The number of carbonyl (C=O) groups is 2. The number of hydrogen-bond donors (Lipinski definition) is 2. The Labute approximate surface area is 217 Å². The van der Waals surface area contributed by atoms with Gasteiger partial charge in [0, 0.05) is 39.6 Å². The minimum absolute atomic E-state index is 0.209. The van der Waals surface area contributed by atoms with Crippen molar-refractivity contribution in [1.82, 2.24) is 15.5 Å². The molecule has 1 heterocycles. The summed E-state index contributed by atoms with van der Waals surface area (Å²) in [6.45, 7) is 1.42. The Morgan fingerprint density at radius 1 is 1.06 bits per heavy atom. The molecular formula is C23H22Cl5N3O2. The minimum atomic E-state index is -0.818. The first kappa shape index (κ1) is 24.9.